The first kappa shape index (κ1) is 13.6. The van der Waals surface area contributed by atoms with E-state index in [4.69, 9.17) is 21.1 Å². The summed E-state index contributed by atoms with van der Waals surface area (Å²) < 4.78 is 10.4. The van der Waals surface area contributed by atoms with Gasteiger partial charge in [0, 0.05) is 38.9 Å². The number of halogens is 1. The molecule has 1 aliphatic rings. The minimum atomic E-state index is 0.503. The van der Waals surface area contributed by atoms with Gasteiger partial charge >= 0.3 is 0 Å². The molecule has 1 heterocycles. The van der Waals surface area contributed by atoms with Crippen LogP contribution in [0.5, 0.6) is 5.88 Å². The summed E-state index contributed by atoms with van der Waals surface area (Å²) in [4.78, 5) is 4.24. The van der Waals surface area contributed by atoms with Gasteiger partial charge in [0.1, 0.15) is 5.02 Å². The van der Waals surface area contributed by atoms with E-state index in [2.05, 4.69) is 10.3 Å². The van der Waals surface area contributed by atoms with Crippen molar-refractivity contribution < 1.29 is 9.47 Å². The molecule has 1 aliphatic carbocycles. The number of hydrogen-bond acceptors (Lipinski definition) is 4. The average Bonchev–Trinajstić information content (AvgIpc) is 3.18. The van der Waals surface area contributed by atoms with Gasteiger partial charge in [0.25, 0.3) is 0 Å². The molecule has 2 rings (SSSR count). The SMILES string of the molecule is COCCCOc1ncc(CNC2CC2)cc1Cl. The number of ether oxygens (including phenoxy) is 2. The van der Waals surface area contributed by atoms with Crippen LogP contribution >= 0.6 is 11.6 Å². The standard InChI is InChI=1S/C13H19ClN2O2/c1-17-5-2-6-18-13-12(14)7-10(9-16-13)8-15-11-3-4-11/h7,9,11,15H,2-6,8H2,1H3. The molecule has 0 aromatic carbocycles. The van der Waals surface area contributed by atoms with Gasteiger partial charge in [-0.3, -0.25) is 0 Å². The minimum absolute atomic E-state index is 0.503. The summed E-state index contributed by atoms with van der Waals surface area (Å²) in [6.45, 7) is 2.07. The Morgan fingerprint density at radius 1 is 1.44 bits per heavy atom. The van der Waals surface area contributed by atoms with E-state index in [1.807, 2.05) is 12.3 Å². The van der Waals surface area contributed by atoms with Gasteiger partial charge in [-0.15, -0.1) is 0 Å². The summed E-state index contributed by atoms with van der Waals surface area (Å²) in [5.41, 5.74) is 1.09. The molecule has 18 heavy (non-hydrogen) atoms. The van der Waals surface area contributed by atoms with Crippen LogP contribution in [0.3, 0.4) is 0 Å². The Bertz CT molecular complexity index is 383. The third-order valence-corrected chi connectivity index (χ3v) is 3.04. The molecule has 4 nitrogen and oxygen atoms in total. The highest BCUT2D eigenvalue weighted by atomic mass is 35.5. The Morgan fingerprint density at radius 3 is 2.94 bits per heavy atom. The van der Waals surface area contributed by atoms with Crippen LogP contribution in [-0.2, 0) is 11.3 Å². The summed E-state index contributed by atoms with van der Waals surface area (Å²) in [5, 5.41) is 4.00. The minimum Gasteiger partial charge on any atom is -0.477 e. The van der Waals surface area contributed by atoms with Crippen LogP contribution in [0.25, 0.3) is 0 Å². The smallest absolute Gasteiger partial charge is 0.232 e. The van der Waals surface area contributed by atoms with Crippen molar-refractivity contribution in [2.24, 2.45) is 0 Å². The number of rotatable bonds is 8. The molecule has 1 saturated carbocycles. The molecule has 0 amide bonds. The van der Waals surface area contributed by atoms with E-state index < -0.39 is 0 Å². The Kier molecular flexibility index (Phi) is 5.23. The van der Waals surface area contributed by atoms with E-state index >= 15 is 0 Å². The van der Waals surface area contributed by atoms with Gasteiger partial charge < -0.3 is 14.8 Å². The fourth-order valence-electron chi connectivity index (χ4n) is 1.59. The molecule has 0 spiro atoms. The number of methoxy groups -OCH3 is 1. The van der Waals surface area contributed by atoms with Gasteiger partial charge in [0.05, 0.1) is 6.61 Å². The van der Waals surface area contributed by atoms with Crippen LogP contribution in [0, 0.1) is 0 Å². The maximum atomic E-state index is 6.13. The normalized spacial score (nSPS) is 14.8. The van der Waals surface area contributed by atoms with Crippen molar-refractivity contribution >= 4 is 11.6 Å². The lowest BCUT2D eigenvalue weighted by Crippen LogP contribution is -2.15. The monoisotopic (exact) mass is 270 g/mol. The fourth-order valence-corrected chi connectivity index (χ4v) is 1.83. The Morgan fingerprint density at radius 2 is 2.28 bits per heavy atom. The molecule has 1 aromatic rings. The topological polar surface area (TPSA) is 43.4 Å². The second kappa shape index (κ2) is 6.92. The van der Waals surface area contributed by atoms with Crippen molar-refractivity contribution in [3.05, 3.63) is 22.8 Å². The summed E-state index contributed by atoms with van der Waals surface area (Å²) >= 11 is 6.13. The summed E-state index contributed by atoms with van der Waals surface area (Å²) in [5.74, 6) is 0.503. The lowest BCUT2D eigenvalue weighted by molar-refractivity contribution is 0.170. The molecule has 0 saturated heterocycles. The van der Waals surface area contributed by atoms with Crippen LogP contribution in [0.15, 0.2) is 12.3 Å². The highest BCUT2D eigenvalue weighted by Crippen LogP contribution is 2.24. The van der Waals surface area contributed by atoms with Gasteiger partial charge in [-0.1, -0.05) is 11.6 Å². The first-order chi connectivity index (χ1) is 8.79. The zero-order valence-corrected chi connectivity index (χ0v) is 11.4. The molecule has 1 fully saturated rings. The van der Waals surface area contributed by atoms with E-state index in [-0.39, 0.29) is 0 Å². The molecule has 0 bridgehead atoms. The molecule has 1 aromatic heterocycles. The van der Waals surface area contributed by atoms with Crippen LogP contribution in [0.2, 0.25) is 5.02 Å². The largest absolute Gasteiger partial charge is 0.477 e. The first-order valence-corrected chi connectivity index (χ1v) is 6.67. The van der Waals surface area contributed by atoms with Crippen LogP contribution in [0.1, 0.15) is 24.8 Å². The number of nitrogens with zero attached hydrogens (tertiary/aromatic N) is 1. The number of nitrogens with one attached hydrogen (secondary N) is 1. The van der Waals surface area contributed by atoms with E-state index in [1.54, 1.807) is 7.11 Å². The van der Waals surface area contributed by atoms with E-state index in [0.29, 0.717) is 30.2 Å². The van der Waals surface area contributed by atoms with Gasteiger partial charge in [-0.25, -0.2) is 4.98 Å². The summed E-state index contributed by atoms with van der Waals surface area (Å²) in [7, 11) is 1.67. The van der Waals surface area contributed by atoms with Gasteiger partial charge in [0.15, 0.2) is 0 Å². The number of aromatic nitrogens is 1. The summed E-state index contributed by atoms with van der Waals surface area (Å²) in [6, 6.07) is 2.60. The fraction of sp³-hybridized carbons (Fsp3) is 0.615. The van der Waals surface area contributed by atoms with Crippen LogP contribution in [-0.4, -0.2) is 31.3 Å². The Balaban J connectivity index is 1.79. The molecular weight excluding hydrogens is 252 g/mol. The van der Waals surface area contributed by atoms with Crippen LogP contribution in [0.4, 0.5) is 0 Å². The van der Waals surface area contributed by atoms with Crippen LogP contribution < -0.4 is 10.1 Å². The van der Waals surface area contributed by atoms with Gasteiger partial charge in [-0.05, 0) is 24.5 Å². The van der Waals surface area contributed by atoms with Gasteiger partial charge in [0.2, 0.25) is 5.88 Å². The van der Waals surface area contributed by atoms with Gasteiger partial charge in [-0.2, -0.15) is 0 Å². The molecule has 0 aliphatic heterocycles. The van der Waals surface area contributed by atoms with E-state index in [1.165, 1.54) is 12.8 Å². The molecule has 5 heteroatoms. The van der Waals surface area contributed by atoms with Crippen molar-refractivity contribution in [1.82, 2.24) is 10.3 Å². The lowest BCUT2D eigenvalue weighted by Gasteiger charge is -2.08. The predicted octanol–water partition coefficient (Wildman–Crippen LogP) is 2.40. The van der Waals surface area contributed by atoms with Crippen molar-refractivity contribution in [1.29, 1.82) is 0 Å². The van der Waals surface area contributed by atoms with Crippen molar-refractivity contribution in [3.63, 3.8) is 0 Å². The van der Waals surface area contributed by atoms with E-state index in [9.17, 15) is 0 Å². The lowest BCUT2D eigenvalue weighted by atomic mass is 10.3. The number of pyridine rings is 1. The second-order valence-electron chi connectivity index (χ2n) is 4.48. The second-order valence-corrected chi connectivity index (χ2v) is 4.89. The van der Waals surface area contributed by atoms with Crippen molar-refractivity contribution in [3.8, 4) is 5.88 Å². The maximum absolute atomic E-state index is 6.13. The molecule has 0 radical (unpaired) electrons. The molecule has 0 unspecified atom stereocenters. The predicted molar refractivity (Wildman–Crippen MR) is 71.1 cm³/mol. The zero-order valence-electron chi connectivity index (χ0n) is 10.6. The Hall–Kier alpha value is -0.840. The third kappa shape index (κ3) is 4.44. The molecule has 100 valence electrons. The highest BCUT2D eigenvalue weighted by molar-refractivity contribution is 6.31. The molecular formula is C13H19ClN2O2. The first-order valence-electron chi connectivity index (χ1n) is 6.29. The quantitative estimate of drug-likeness (QED) is 0.737. The van der Waals surface area contributed by atoms with Crippen molar-refractivity contribution in [2.75, 3.05) is 20.3 Å². The Labute approximate surface area is 113 Å². The zero-order chi connectivity index (χ0) is 12.8. The third-order valence-electron chi connectivity index (χ3n) is 2.77. The number of hydrogen-bond donors (Lipinski definition) is 1. The van der Waals surface area contributed by atoms with Crippen molar-refractivity contribution in [2.45, 2.75) is 31.8 Å². The maximum Gasteiger partial charge on any atom is 0.232 e. The summed E-state index contributed by atoms with van der Waals surface area (Å²) in [6.07, 6.45) is 5.20. The molecule has 0 atom stereocenters. The molecule has 1 N–H and O–H groups in total. The highest BCUT2D eigenvalue weighted by Gasteiger charge is 2.20. The van der Waals surface area contributed by atoms with E-state index in [0.717, 1.165) is 18.5 Å². The average molecular weight is 271 g/mol.